The summed E-state index contributed by atoms with van der Waals surface area (Å²) in [4.78, 5) is 0. The van der Waals surface area contributed by atoms with E-state index in [1.165, 1.54) is 19.3 Å². The van der Waals surface area contributed by atoms with Gasteiger partial charge in [-0.25, -0.2) is 0 Å². The molecular weight excluding hydrogens is 150 g/mol. The lowest BCUT2D eigenvalue weighted by Crippen LogP contribution is -2.42. The molecular formula is C10H21NO. The molecule has 2 nitrogen and oxygen atoms in total. The molecule has 0 aromatic heterocycles. The van der Waals surface area contributed by atoms with Crippen LogP contribution >= 0.6 is 0 Å². The zero-order chi connectivity index (χ0) is 8.97. The van der Waals surface area contributed by atoms with Crippen LogP contribution in [-0.4, -0.2) is 23.3 Å². The Morgan fingerprint density at radius 1 is 1.17 bits per heavy atom. The summed E-state index contributed by atoms with van der Waals surface area (Å²) in [5.74, 6) is 0. The Bertz CT molecular complexity index is 125. The zero-order valence-electron chi connectivity index (χ0n) is 8.21. The molecule has 0 aromatic carbocycles. The molecule has 2 unspecified atom stereocenters. The summed E-state index contributed by atoms with van der Waals surface area (Å²) in [5.41, 5.74) is 0. The molecule has 2 heteroatoms. The van der Waals surface area contributed by atoms with Gasteiger partial charge in [0.2, 0.25) is 0 Å². The summed E-state index contributed by atoms with van der Waals surface area (Å²) < 4.78 is 0. The summed E-state index contributed by atoms with van der Waals surface area (Å²) in [5, 5.41) is 13.2. The van der Waals surface area contributed by atoms with E-state index in [2.05, 4.69) is 19.2 Å². The maximum atomic E-state index is 9.74. The molecule has 1 aliphatic rings. The quantitative estimate of drug-likeness (QED) is 0.620. The third kappa shape index (κ3) is 3.11. The molecule has 2 N–H and O–H groups in total. The molecule has 1 rings (SSSR count). The van der Waals surface area contributed by atoms with Crippen molar-refractivity contribution in [3.05, 3.63) is 0 Å². The van der Waals surface area contributed by atoms with E-state index in [1.54, 1.807) is 0 Å². The molecule has 0 spiro atoms. The smallest absolute Gasteiger partial charge is 0.0693 e. The zero-order valence-corrected chi connectivity index (χ0v) is 8.21. The molecule has 0 aliphatic heterocycles. The molecule has 0 amide bonds. The van der Waals surface area contributed by atoms with Gasteiger partial charge in [-0.15, -0.1) is 0 Å². The van der Waals surface area contributed by atoms with Gasteiger partial charge in [0.05, 0.1) is 6.10 Å². The van der Waals surface area contributed by atoms with Crippen molar-refractivity contribution in [3.63, 3.8) is 0 Å². The van der Waals surface area contributed by atoms with E-state index < -0.39 is 0 Å². The van der Waals surface area contributed by atoms with Crippen molar-refractivity contribution >= 4 is 0 Å². The van der Waals surface area contributed by atoms with Crippen LogP contribution in [0.3, 0.4) is 0 Å². The van der Waals surface area contributed by atoms with Gasteiger partial charge < -0.3 is 10.4 Å². The largest absolute Gasteiger partial charge is 0.392 e. The van der Waals surface area contributed by atoms with Crippen molar-refractivity contribution in [3.8, 4) is 0 Å². The molecule has 0 heterocycles. The third-order valence-electron chi connectivity index (χ3n) is 2.53. The van der Waals surface area contributed by atoms with Crippen molar-refractivity contribution < 1.29 is 5.11 Å². The predicted molar refractivity (Wildman–Crippen MR) is 51.2 cm³/mol. The fourth-order valence-electron chi connectivity index (χ4n) is 1.91. The van der Waals surface area contributed by atoms with Gasteiger partial charge in [-0.3, -0.25) is 0 Å². The van der Waals surface area contributed by atoms with Gasteiger partial charge in [0.1, 0.15) is 0 Å². The summed E-state index contributed by atoms with van der Waals surface area (Å²) >= 11 is 0. The Hall–Kier alpha value is -0.0800. The highest BCUT2D eigenvalue weighted by Crippen LogP contribution is 2.18. The van der Waals surface area contributed by atoms with Gasteiger partial charge in [0.15, 0.2) is 0 Å². The Morgan fingerprint density at radius 2 is 1.83 bits per heavy atom. The van der Waals surface area contributed by atoms with E-state index in [0.29, 0.717) is 12.1 Å². The van der Waals surface area contributed by atoms with Gasteiger partial charge in [0.25, 0.3) is 0 Å². The second-order valence-corrected chi connectivity index (χ2v) is 4.13. The molecule has 1 fully saturated rings. The lowest BCUT2D eigenvalue weighted by molar-refractivity contribution is 0.116. The number of rotatable bonds is 2. The highest BCUT2D eigenvalue weighted by molar-refractivity contribution is 4.79. The van der Waals surface area contributed by atoms with Crippen LogP contribution < -0.4 is 5.32 Å². The van der Waals surface area contributed by atoms with E-state index in [1.807, 2.05) is 0 Å². The molecule has 1 saturated carbocycles. The Balaban J connectivity index is 2.36. The number of hydrogen-bond donors (Lipinski definition) is 2. The van der Waals surface area contributed by atoms with Crippen LogP contribution in [0.2, 0.25) is 0 Å². The van der Waals surface area contributed by atoms with Gasteiger partial charge in [-0.05, 0) is 12.8 Å². The monoisotopic (exact) mass is 171 g/mol. The topological polar surface area (TPSA) is 32.3 Å². The number of hydrogen-bond acceptors (Lipinski definition) is 2. The molecule has 2 atom stereocenters. The van der Waals surface area contributed by atoms with Crippen LogP contribution in [0.5, 0.6) is 0 Å². The summed E-state index contributed by atoms with van der Waals surface area (Å²) in [7, 11) is 0. The van der Waals surface area contributed by atoms with Crippen LogP contribution in [0.4, 0.5) is 0 Å². The fraction of sp³-hybridized carbons (Fsp3) is 1.00. The van der Waals surface area contributed by atoms with Crippen LogP contribution in [0, 0.1) is 0 Å². The number of aliphatic hydroxyl groups is 1. The van der Waals surface area contributed by atoms with Crippen molar-refractivity contribution in [1.29, 1.82) is 0 Å². The molecule has 0 radical (unpaired) electrons. The van der Waals surface area contributed by atoms with Crippen LogP contribution in [-0.2, 0) is 0 Å². The molecule has 1 aliphatic carbocycles. The van der Waals surface area contributed by atoms with Gasteiger partial charge in [-0.1, -0.05) is 33.1 Å². The number of nitrogens with one attached hydrogen (secondary N) is 1. The molecule has 12 heavy (non-hydrogen) atoms. The summed E-state index contributed by atoms with van der Waals surface area (Å²) in [6.45, 7) is 4.27. The van der Waals surface area contributed by atoms with Gasteiger partial charge in [0, 0.05) is 12.1 Å². The highest BCUT2D eigenvalue weighted by Gasteiger charge is 2.21. The first kappa shape index (κ1) is 10.0. The average molecular weight is 171 g/mol. The van der Waals surface area contributed by atoms with Crippen molar-refractivity contribution in [2.45, 2.75) is 64.1 Å². The van der Waals surface area contributed by atoms with Crippen molar-refractivity contribution in [1.82, 2.24) is 5.32 Å². The maximum absolute atomic E-state index is 9.74. The predicted octanol–water partition coefficient (Wildman–Crippen LogP) is 1.68. The minimum absolute atomic E-state index is 0.116. The first-order valence-electron chi connectivity index (χ1n) is 5.14. The Kier molecular flexibility index (Phi) is 4.02. The van der Waals surface area contributed by atoms with Gasteiger partial charge in [-0.2, -0.15) is 0 Å². The molecule has 0 saturated heterocycles. The maximum Gasteiger partial charge on any atom is 0.0693 e. The first-order chi connectivity index (χ1) is 5.70. The van der Waals surface area contributed by atoms with Crippen molar-refractivity contribution in [2.75, 3.05) is 0 Å². The molecule has 72 valence electrons. The third-order valence-corrected chi connectivity index (χ3v) is 2.53. The van der Waals surface area contributed by atoms with Gasteiger partial charge >= 0.3 is 0 Å². The van der Waals surface area contributed by atoms with E-state index in [0.717, 1.165) is 12.8 Å². The van der Waals surface area contributed by atoms with Crippen LogP contribution in [0.25, 0.3) is 0 Å². The summed E-state index contributed by atoms with van der Waals surface area (Å²) in [6.07, 6.45) is 5.74. The second-order valence-electron chi connectivity index (χ2n) is 4.13. The second kappa shape index (κ2) is 4.83. The van der Waals surface area contributed by atoms with Crippen LogP contribution in [0.15, 0.2) is 0 Å². The van der Waals surface area contributed by atoms with E-state index in [-0.39, 0.29) is 6.10 Å². The molecule has 0 bridgehead atoms. The van der Waals surface area contributed by atoms with E-state index in [4.69, 9.17) is 0 Å². The number of aliphatic hydroxyl groups excluding tert-OH is 1. The molecule has 0 aromatic rings. The van der Waals surface area contributed by atoms with Crippen molar-refractivity contribution in [2.24, 2.45) is 0 Å². The lowest BCUT2D eigenvalue weighted by atomic mass is 10.1. The normalized spacial score (nSPS) is 32.0. The SMILES string of the molecule is CC(C)NC1CCCCCC1O. The minimum Gasteiger partial charge on any atom is -0.392 e. The lowest BCUT2D eigenvalue weighted by Gasteiger charge is -2.23. The van der Waals surface area contributed by atoms with E-state index >= 15 is 0 Å². The fourth-order valence-corrected chi connectivity index (χ4v) is 1.91. The average Bonchev–Trinajstić information content (AvgIpc) is 2.16. The highest BCUT2D eigenvalue weighted by atomic mass is 16.3. The minimum atomic E-state index is -0.116. The first-order valence-corrected chi connectivity index (χ1v) is 5.14. The Morgan fingerprint density at radius 3 is 2.50 bits per heavy atom. The Labute approximate surface area is 75.4 Å². The standard InChI is InChI=1S/C10H21NO/c1-8(2)11-9-6-4-3-5-7-10(9)12/h8-12H,3-7H2,1-2H3. The van der Waals surface area contributed by atoms with E-state index in [9.17, 15) is 5.11 Å². The summed E-state index contributed by atoms with van der Waals surface area (Å²) in [6, 6.07) is 0.829. The van der Waals surface area contributed by atoms with Crippen LogP contribution in [0.1, 0.15) is 46.0 Å².